The molecule has 0 aliphatic rings. The summed E-state index contributed by atoms with van der Waals surface area (Å²) in [7, 11) is 3.06. The lowest BCUT2D eigenvalue weighted by atomic mass is 10.2. The molecule has 8 heteroatoms. The Hall–Kier alpha value is -3.03. The fourth-order valence-corrected chi connectivity index (χ4v) is 1.75. The van der Waals surface area contributed by atoms with Crippen LogP contribution in [0, 0.1) is 10.1 Å². The van der Waals surface area contributed by atoms with Crippen molar-refractivity contribution in [3.63, 3.8) is 0 Å². The number of anilines is 3. The van der Waals surface area contributed by atoms with Crippen LogP contribution in [0.1, 0.15) is 0 Å². The predicted molar refractivity (Wildman–Crippen MR) is 78.1 cm³/mol. The van der Waals surface area contributed by atoms with E-state index in [4.69, 9.17) is 15.2 Å². The summed E-state index contributed by atoms with van der Waals surface area (Å²) in [6.07, 6.45) is 0. The highest BCUT2D eigenvalue weighted by Crippen LogP contribution is 2.32. The lowest BCUT2D eigenvalue weighted by Gasteiger charge is -2.12. The van der Waals surface area contributed by atoms with E-state index < -0.39 is 4.92 Å². The number of aromatic nitrogens is 1. The Balaban J connectivity index is 2.35. The summed E-state index contributed by atoms with van der Waals surface area (Å²) in [5.74, 6) is 1.45. The molecule has 110 valence electrons. The summed E-state index contributed by atoms with van der Waals surface area (Å²) in [5, 5.41) is 13.8. The second-order valence-electron chi connectivity index (χ2n) is 4.08. The third-order valence-corrected chi connectivity index (χ3v) is 2.71. The third-order valence-electron chi connectivity index (χ3n) is 2.71. The number of nitrogens with one attached hydrogen (secondary N) is 1. The van der Waals surface area contributed by atoms with Crippen molar-refractivity contribution in [1.29, 1.82) is 0 Å². The number of pyridine rings is 1. The Morgan fingerprint density at radius 2 is 2.00 bits per heavy atom. The van der Waals surface area contributed by atoms with Crippen molar-refractivity contribution < 1.29 is 14.4 Å². The van der Waals surface area contributed by atoms with Crippen molar-refractivity contribution >= 4 is 23.0 Å². The van der Waals surface area contributed by atoms with E-state index in [9.17, 15) is 10.1 Å². The largest absolute Gasteiger partial charge is 0.497 e. The molecule has 21 heavy (non-hydrogen) atoms. The van der Waals surface area contributed by atoms with Crippen molar-refractivity contribution in [3.8, 4) is 11.5 Å². The van der Waals surface area contributed by atoms with Gasteiger partial charge in [-0.1, -0.05) is 0 Å². The van der Waals surface area contributed by atoms with Crippen LogP contribution in [0.25, 0.3) is 0 Å². The maximum Gasteiger partial charge on any atom is 0.276 e. The molecule has 0 aliphatic carbocycles. The maximum atomic E-state index is 10.8. The first-order valence-corrected chi connectivity index (χ1v) is 5.94. The summed E-state index contributed by atoms with van der Waals surface area (Å²) in [4.78, 5) is 14.3. The second-order valence-corrected chi connectivity index (χ2v) is 4.08. The highest BCUT2D eigenvalue weighted by atomic mass is 16.6. The Kier molecular flexibility index (Phi) is 4.07. The van der Waals surface area contributed by atoms with Gasteiger partial charge in [0.2, 0.25) is 0 Å². The van der Waals surface area contributed by atoms with Crippen molar-refractivity contribution in [1.82, 2.24) is 4.98 Å². The first-order chi connectivity index (χ1) is 10.0. The van der Waals surface area contributed by atoms with Crippen molar-refractivity contribution in [2.24, 2.45) is 0 Å². The van der Waals surface area contributed by atoms with E-state index >= 15 is 0 Å². The molecule has 1 aromatic heterocycles. The van der Waals surface area contributed by atoms with Gasteiger partial charge < -0.3 is 20.5 Å². The van der Waals surface area contributed by atoms with E-state index in [-0.39, 0.29) is 17.3 Å². The van der Waals surface area contributed by atoms with Crippen LogP contribution in [0.15, 0.2) is 30.3 Å². The number of benzene rings is 1. The minimum Gasteiger partial charge on any atom is -0.497 e. The normalized spacial score (nSPS) is 10.0. The van der Waals surface area contributed by atoms with Crippen LogP contribution in [-0.4, -0.2) is 24.1 Å². The zero-order chi connectivity index (χ0) is 15.4. The van der Waals surface area contributed by atoms with Gasteiger partial charge in [0.1, 0.15) is 23.1 Å². The Labute approximate surface area is 120 Å². The van der Waals surface area contributed by atoms with Crippen LogP contribution >= 0.6 is 0 Å². The number of nitrogens with two attached hydrogens (primary N) is 1. The van der Waals surface area contributed by atoms with Crippen LogP contribution in [0.5, 0.6) is 11.5 Å². The number of nitrogen functional groups attached to an aromatic ring is 1. The molecule has 1 aromatic carbocycles. The maximum absolute atomic E-state index is 10.8. The fourth-order valence-electron chi connectivity index (χ4n) is 1.75. The smallest absolute Gasteiger partial charge is 0.276 e. The Morgan fingerprint density at radius 1 is 1.24 bits per heavy atom. The molecule has 2 aromatic rings. The molecule has 0 fully saturated rings. The third kappa shape index (κ3) is 3.30. The van der Waals surface area contributed by atoms with Crippen molar-refractivity contribution in [2.75, 3.05) is 25.3 Å². The fraction of sp³-hybridized carbons (Fsp3) is 0.154. The molecular weight excluding hydrogens is 276 g/mol. The van der Waals surface area contributed by atoms with Gasteiger partial charge in [-0.15, -0.1) is 0 Å². The van der Waals surface area contributed by atoms with Gasteiger partial charge in [-0.05, 0) is 12.1 Å². The summed E-state index contributed by atoms with van der Waals surface area (Å²) in [5.41, 5.74) is 6.01. The molecule has 0 spiro atoms. The van der Waals surface area contributed by atoms with Crippen LogP contribution in [0.3, 0.4) is 0 Å². The van der Waals surface area contributed by atoms with Crippen LogP contribution in [0.4, 0.5) is 23.0 Å². The number of rotatable bonds is 5. The van der Waals surface area contributed by atoms with Crippen molar-refractivity contribution in [2.45, 2.75) is 0 Å². The quantitative estimate of drug-likeness (QED) is 0.641. The molecule has 0 aliphatic heterocycles. The molecule has 3 N–H and O–H groups in total. The van der Waals surface area contributed by atoms with Crippen LogP contribution in [0.2, 0.25) is 0 Å². The average molecular weight is 290 g/mol. The lowest BCUT2D eigenvalue weighted by Crippen LogP contribution is -2.01. The van der Waals surface area contributed by atoms with Gasteiger partial charge in [-0.25, -0.2) is 4.98 Å². The zero-order valence-electron chi connectivity index (χ0n) is 11.5. The summed E-state index contributed by atoms with van der Waals surface area (Å²) in [6.45, 7) is 0. The number of ether oxygens (including phenoxy) is 2. The molecule has 0 radical (unpaired) electrons. The molecular formula is C13H14N4O4. The summed E-state index contributed by atoms with van der Waals surface area (Å²) in [6, 6.07) is 7.61. The predicted octanol–water partition coefficient (Wildman–Crippen LogP) is 2.33. The molecule has 0 unspecified atom stereocenters. The van der Waals surface area contributed by atoms with Gasteiger partial charge in [-0.3, -0.25) is 10.1 Å². The van der Waals surface area contributed by atoms with E-state index in [2.05, 4.69) is 10.3 Å². The van der Waals surface area contributed by atoms with E-state index in [1.54, 1.807) is 25.3 Å². The molecule has 0 amide bonds. The van der Waals surface area contributed by atoms with Gasteiger partial charge in [0.05, 0.1) is 37.0 Å². The molecule has 0 bridgehead atoms. The van der Waals surface area contributed by atoms with Crippen molar-refractivity contribution in [3.05, 3.63) is 40.4 Å². The minimum absolute atomic E-state index is 0.0548. The van der Waals surface area contributed by atoms with E-state index in [1.807, 2.05) is 0 Å². The molecule has 0 atom stereocenters. The number of nitrogens with zero attached hydrogens (tertiary/aromatic N) is 2. The molecule has 1 heterocycles. The highest BCUT2D eigenvalue weighted by molar-refractivity contribution is 5.68. The lowest BCUT2D eigenvalue weighted by molar-refractivity contribution is -0.384. The van der Waals surface area contributed by atoms with Gasteiger partial charge in [0.25, 0.3) is 5.69 Å². The number of methoxy groups -OCH3 is 2. The standard InChI is InChI=1S/C13H14N4O4/c1-20-9-3-4-10(11(7-9)21-2)15-13-6-8(17(18)19)5-12(14)16-13/h3-7H,1-2H3,(H3,14,15,16). The Bertz CT molecular complexity index is 675. The number of hydrogen-bond acceptors (Lipinski definition) is 7. The van der Waals surface area contributed by atoms with E-state index in [1.165, 1.54) is 19.2 Å². The van der Waals surface area contributed by atoms with Gasteiger partial charge in [-0.2, -0.15) is 0 Å². The molecule has 0 saturated heterocycles. The average Bonchev–Trinajstić information content (AvgIpc) is 2.47. The van der Waals surface area contributed by atoms with Crippen LogP contribution in [-0.2, 0) is 0 Å². The monoisotopic (exact) mass is 290 g/mol. The van der Waals surface area contributed by atoms with Gasteiger partial charge in [0, 0.05) is 6.07 Å². The summed E-state index contributed by atoms with van der Waals surface area (Å²) >= 11 is 0. The number of nitro groups is 1. The number of hydrogen-bond donors (Lipinski definition) is 2. The van der Waals surface area contributed by atoms with Crippen LogP contribution < -0.4 is 20.5 Å². The molecule has 0 saturated carbocycles. The van der Waals surface area contributed by atoms with Gasteiger partial charge >= 0.3 is 0 Å². The molecule has 2 rings (SSSR count). The van der Waals surface area contributed by atoms with Gasteiger partial charge in [0.15, 0.2) is 0 Å². The highest BCUT2D eigenvalue weighted by Gasteiger charge is 2.12. The molecule has 8 nitrogen and oxygen atoms in total. The second kappa shape index (κ2) is 5.95. The first kappa shape index (κ1) is 14.4. The zero-order valence-corrected chi connectivity index (χ0v) is 11.5. The van der Waals surface area contributed by atoms with E-state index in [0.717, 1.165) is 0 Å². The van der Waals surface area contributed by atoms with E-state index in [0.29, 0.717) is 17.2 Å². The summed E-state index contributed by atoms with van der Waals surface area (Å²) < 4.78 is 10.3. The SMILES string of the molecule is COc1ccc(Nc2cc([N+](=O)[O-])cc(N)n2)c(OC)c1. The Morgan fingerprint density at radius 3 is 2.62 bits per heavy atom. The first-order valence-electron chi connectivity index (χ1n) is 5.94. The topological polar surface area (TPSA) is 113 Å². The minimum atomic E-state index is -0.533.